The van der Waals surface area contributed by atoms with Gasteiger partial charge in [0.25, 0.3) is 0 Å². The number of aliphatic hydroxyl groups excluding tert-OH is 3. The second kappa shape index (κ2) is 44.5. The van der Waals surface area contributed by atoms with E-state index in [-0.39, 0.29) is 18.9 Å². The summed E-state index contributed by atoms with van der Waals surface area (Å²) < 4.78 is 0. The highest BCUT2D eigenvalue weighted by molar-refractivity contribution is 5.76. The molecule has 0 radical (unpaired) electrons. The van der Waals surface area contributed by atoms with Crippen molar-refractivity contribution in [2.24, 2.45) is 0 Å². The van der Waals surface area contributed by atoms with Crippen LogP contribution in [0.25, 0.3) is 0 Å². The van der Waals surface area contributed by atoms with Crippen LogP contribution in [0.2, 0.25) is 0 Å². The molecule has 0 aliphatic rings. The molecule has 0 aromatic carbocycles. The van der Waals surface area contributed by atoms with Crippen LogP contribution in [-0.4, -0.2) is 46.1 Å². The van der Waals surface area contributed by atoms with E-state index in [1.165, 1.54) is 193 Å². The molecule has 0 aromatic rings. The molecule has 4 N–H and O–H groups in total. The van der Waals surface area contributed by atoms with E-state index >= 15 is 0 Å². The zero-order valence-corrected chi connectivity index (χ0v) is 36.4. The van der Waals surface area contributed by atoms with Gasteiger partial charge in [0.1, 0.15) is 0 Å². The maximum absolute atomic E-state index is 12.5. The number of carbonyl (C=O) groups excluding carboxylic acids is 1. The largest absolute Gasteiger partial charge is 0.394 e. The molecule has 320 valence electrons. The van der Waals surface area contributed by atoms with Crippen molar-refractivity contribution in [1.29, 1.82) is 0 Å². The van der Waals surface area contributed by atoms with Gasteiger partial charge in [0, 0.05) is 0 Å². The summed E-state index contributed by atoms with van der Waals surface area (Å²) in [5.41, 5.74) is 0. The smallest absolute Gasteiger partial charge is 0.222 e. The molecule has 0 saturated carbocycles. The van der Waals surface area contributed by atoms with Crippen LogP contribution in [0.5, 0.6) is 0 Å². The predicted octanol–water partition coefficient (Wildman–Crippen LogP) is 14.2. The fourth-order valence-corrected chi connectivity index (χ4v) is 7.55. The Morgan fingerprint density at radius 2 is 0.796 bits per heavy atom. The van der Waals surface area contributed by atoms with Gasteiger partial charge in [-0.25, -0.2) is 0 Å². The van der Waals surface area contributed by atoms with Gasteiger partial charge >= 0.3 is 0 Å². The summed E-state index contributed by atoms with van der Waals surface area (Å²) in [5.74, 6) is -0.285. The summed E-state index contributed by atoms with van der Waals surface area (Å²) in [7, 11) is 0. The highest BCUT2D eigenvalue weighted by Gasteiger charge is 2.21. The van der Waals surface area contributed by atoms with E-state index in [2.05, 4.69) is 43.5 Å². The minimum absolute atomic E-state index is 0.0326. The maximum atomic E-state index is 12.5. The molecule has 0 saturated heterocycles. The molecular weight excluding hydrogens is 667 g/mol. The lowest BCUT2D eigenvalue weighted by atomic mass is 10.0. The maximum Gasteiger partial charge on any atom is 0.222 e. The van der Waals surface area contributed by atoms with Gasteiger partial charge in [-0.2, -0.15) is 0 Å². The van der Waals surface area contributed by atoms with Crippen LogP contribution < -0.4 is 5.32 Å². The Kier molecular flexibility index (Phi) is 43.6. The second-order valence-electron chi connectivity index (χ2n) is 16.7. The molecule has 54 heavy (non-hydrogen) atoms. The average Bonchev–Trinajstić information content (AvgIpc) is 3.16. The van der Waals surface area contributed by atoms with Crippen molar-refractivity contribution in [3.8, 4) is 0 Å². The monoisotopic (exact) mass is 762 g/mol. The number of carbonyl (C=O) groups is 1. The van der Waals surface area contributed by atoms with Crippen molar-refractivity contribution in [2.75, 3.05) is 6.61 Å². The van der Waals surface area contributed by atoms with Crippen molar-refractivity contribution < 1.29 is 20.1 Å². The van der Waals surface area contributed by atoms with E-state index in [4.69, 9.17) is 0 Å². The van der Waals surface area contributed by atoms with Crippen molar-refractivity contribution >= 4 is 5.91 Å². The molecule has 0 bridgehead atoms. The van der Waals surface area contributed by atoms with E-state index in [0.29, 0.717) is 12.8 Å². The average molecular weight is 762 g/mol. The molecule has 0 fully saturated rings. The lowest BCUT2D eigenvalue weighted by molar-refractivity contribution is -0.125. The Morgan fingerprint density at radius 3 is 1.17 bits per heavy atom. The molecule has 0 aliphatic carbocycles. The Bertz CT molecular complexity index is 799. The van der Waals surface area contributed by atoms with Crippen LogP contribution >= 0.6 is 0 Å². The summed E-state index contributed by atoms with van der Waals surface area (Å²) in [6.45, 7) is 4.28. The molecule has 0 aromatic heterocycles. The fraction of sp³-hybridized carbons (Fsp3) is 0.898. The van der Waals surface area contributed by atoms with E-state index in [1.54, 1.807) is 0 Å². The van der Waals surface area contributed by atoms with Gasteiger partial charge in [-0.15, -0.1) is 0 Å². The van der Waals surface area contributed by atoms with Crippen LogP contribution in [0.4, 0.5) is 0 Å². The molecule has 0 aliphatic heterocycles. The number of hydrogen-bond donors (Lipinski definition) is 4. The zero-order valence-electron chi connectivity index (χ0n) is 36.4. The number of amides is 1. The van der Waals surface area contributed by atoms with Crippen LogP contribution in [0, 0.1) is 0 Å². The molecule has 5 nitrogen and oxygen atoms in total. The van der Waals surface area contributed by atoms with E-state index in [9.17, 15) is 20.1 Å². The molecular formula is C49H95NO4. The second-order valence-corrected chi connectivity index (χ2v) is 16.7. The molecule has 1 amide bonds. The van der Waals surface area contributed by atoms with Gasteiger partial charge < -0.3 is 20.6 Å². The quantitative estimate of drug-likeness (QED) is 0.0368. The SMILES string of the molecule is CCCCCCCCCCC/C=C\C/C=C\CCCCCCCCCC(O)CC(=O)NC(CO)C(O)CCCCCCCCCCCCCCCCCC. The fourth-order valence-electron chi connectivity index (χ4n) is 7.55. The van der Waals surface area contributed by atoms with Crippen LogP contribution in [0.15, 0.2) is 24.3 Å². The standard InChI is InChI=1S/C49H95NO4/c1-3-5-7-9-11-13-15-17-19-21-22-23-24-25-26-27-28-30-32-34-36-38-40-42-46(52)44-49(54)50-47(45-51)48(53)43-41-39-37-35-33-31-29-20-18-16-14-12-10-8-6-4-2/h22-23,25-26,46-48,51-53H,3-21,24,27-45H2,1-2H3,(H,50,54)/b23-22-,26-25-. The van der Waals surface area contributed by atoms with Crippen molar-refractivity contribution in [3.05, 3.63) is 24.3 Å². The number of rotatable bonds is 44. The summed E-state index contributed by atoms with van der Waals surface area (Å²) in [4.78, 5) is 12.5. The molecule has 3 atom stereocenters. The number of hydrogen-bond acceptors (Lipinski definition) is 4. The first-order chi connectivity index (χ1) is 26.5. The third-order valence-electron chi connectivity index (χ3n) is 11.3. The van der Waals surface area contributed by atoms with E-state index in [0.717, 1.165) is 32.1 Å². The Hall–Kier alpha value is -1.17. The van der Waals surface area contributed by atoms with E-state index < -0.39 is 18.2 Å². The molecule has 0 heterocycles. The van der Waals surface area contributed by atoms with E-state index in [1.807, 2.05) is 0 Å². The van der Waals surface area contributed by atoms with Crippen LogP contribution in [0.3, 0.4) is 0 Å². The van der Waals surface area contributed by atoms with Crippen molar-refractivity contribution in [2.45, 2.75) is 276 Å². The first-order valence-electron chi connectivity index (χ1n) is 24.1. The molecule has 0 rings (SSSR count). The summed E-state index contributed by atoms with van der Waals surface area (Å²) in [5, 5.41) is 33.5. The minimum atomic E-state index is -0.750. The van der Waals surface area contributed by atoms with Gasteiger partial charge in [0.05, 0.1) is 31.3 Å². The summed E-state index contributed by atoms with van der Waals surface area (Å²) in [6, 6.07) is -0.660. The normalized spacial score (nSPS) is 13.6. The minimum Gasteiger partial charge on any atom is -0.394 e. The first-order valence-corrected chi connectivity index (χ1v) is 24.1. The third kappa shape index (κ3) is 40.5. The Morgan fingerprint density at radius 1 is 0.463 bits per heavy atom. The first kappa shape index (κ1) is 52.8. The van der Waals surface area contributed by atoms with Gasteiger partial charge in [0.15, 0.2) is 0 Å². The highest BCUT2D eigenvalue weighted by Crippen LogP contribution is 2.16. The third-order valence-corrected chi connectivity index (χ3v) is 11.3. The molecule has 5 heteroatoms. The summed E-state index contributed by atoms with van der Waals surface area (Å²) >= 11 is 0. The number of nitrogens with one attached hydrogen (secondary N) is 1. The van der Waals surface area contributed by atoms with Gasteiger partial charge in [0.2, 0.25) is 5.91 Å². The lowest BCUT2D eigenvalue weighted by Crippen LogP contribution is -2.46. The summed E-state index contributed by atoms with van der Waals surface area (Å²) in [6.07, 6.45) is 54.4. The van der Waals surface area contributed by atoms with Gasteiger partial charge in [-0.05, 0) is 44.9 Å². The lowest BCUT2D eigenvalue weighted by Gasteiger charge is -2.23. The van der Waals surface area contributed by atoms with Crippen molar-refractivity contribution in [3.63, 3.8) is 0 Å². The van der Waals surface area contributed by atoms with Gasteiger partial charge in [-0.3, -0.25) is 4.79 Å². The predicted molar refractivity (Wildman–Crippen MR) is 236 cm³/mol. The topological polar surface area (TPSA) is 89.8 Å². The van der Waals surface area contributed by atoms with Crippen molar-refractivity contribution in [1.82, 2.24) is 5.32 Å². The molecule has 3 unspecified atom stereocenters. The van der Waals surface area contributed by atoms with Crippen LogP contribution in [0.1, 0.15) is 258 Å². The Balaban J connectivity index is 3.60. The number of unbranched alkanes of at least 4 members (excludes halogenated alkanes) is 31. The number of allylic oxidation sites excluding steroid dienone is 4. The zero-order chi connectivity index (χ0) is 39.4. The van der Waals surface area contributed by atoms with Gasteiger partial charge in [-0.1, -0.05) is 231 Å². The Labute approximate surface area is 337 Å². The van der Waals surface area contributed by atoms with Crippen LogP contribution in [-0.2, 0) is 4.79 Å². The number of aliphatic hydroxyl groups is 3. The highest BCUT2D eigenvalue weighted by atomic mass is 16.3. The molecule has 0 spiro atoms.